The summed E-state index contributed by atoms with van der Waals surface area (Å²) in [6.07, 6.45) is 0. The van der Waals surface area contributed by atoms with Crippen molar-refractivity contribution in [3.05, 3.63) is 57.8 Å². The van der Waals surface area contributed by atoms with E-state index in [9.17, 15) is 9.59 Å². The normalized spacial score (nSPS) is 11.9. The zero-order chi connectivity index (χ0) is 19.6. The molecule has 1 atom stereocenters. The summed E-state index contributed by atoms with van der Waals surface area (Å²) in [6, 6.07) is 11.3. The van der Waals surface area contributed by atoms with E-state index in [0.29, 0.717) is 18.0 Å². The van der Waals surface area contributed by atoms with Crippen molar-refractivity contribution < 1.29 is 9.59 Å². The van der Waals surface area contributed by atoms with Crippen LogP contribution in [0.2, 0.25) is 0 Å². The molecule has 0 saturated heterocycles. The van der Waals surface area contributed by atoms with E-state index >= 15 is 0 Å². The minimum atomic E-state index is -0.573. The monoisotopic (exact) mass is 515 g/mol. The molecule has 0 aliphatic rings. The van der Waals surface area contributed by atoms with Crippen LogP contribution in [0.1, 0.15) is 33.6 Å². The van der Waals surface area contributed by atoms with E-state index in [1.54, 1.807) is 30.5 Å². The van der Waals surface area contributed by atoms with Gasteiger partial charge in [0, 0.05) is 36.5 Å². The van der Waals surface area contributed by atoms with Crippen LogP contribution in [-0.4, -0.2) is 37.9 Å². The van der Waals surface area contributed by atoms with Crippen LogP contribution in [-0.2, 0) is 11.3 Å². The Morgan fingerprint density at radius 1 is 1.14 bits per heavy atom. The van der Waals surface area contributed by atoms with Crippen molar-refractivity contribution in [1.82, 2.24) is 16.0 Å². The van der Waals surface area contributed by atoms with Gasteiger partial charge >= 0.3 is 0 Å². The van der Waals surface area contributed by atoms with Crippen molar-refractivity contribution in [2.24, 2.45) is 10.7 Å². The highest BCUT2D eigenvalue weighted by Gasteiger charge is 2.08. The van der Waals surface area contributed by atoms with Gasteiger partial charge in [0.25, 0.3) is 5.91 Å². The van der Waals surface area contributed by atoms with Crippen molar-refractivity contribution in [2.45, 2.75) is 19.4 Å². The number of thiophene rings is 1. The van der Waals surface area contributed by atoms with Gasteiger partial charge in [-0.3, -0.25) is 14.6 Å². The number of carbonyl (C=O) groups excluding carboxylic acids is 2. The summed E-state index contributed by atoms with van der Waals surface area (Å²) in [5.74, 6) is 0.230. The average molecular weight is 515 g/mol. The number of aliphatic imine (C=N–C) groups is 1. The highest BCUT2D eigenvalue weighted by Crippen LogP contribution is 2.19. The van der Waals surface area contributed by atoms with Crippen LogP contribution in [0.25, 0.3) is 0 Å². The molecule has 1 aromatic heterocycles. The van der Waals surface area contributed by atoms with E-state index in [1.165, 1.54) is 4.88 Å². The fourth-order valence-electron chi connectivity index (χ4n) is 2.37. The third-order valence-electron chi connectivity index (χ3n) is 3.93. The molecule has 7 nitrogen and oxygen atoms in total. The quantitative estimate of drug-likeness (QED) is 0.245. The van der Waals surface area contributed by atoms with Crippen LogP contribution in [0.5, 0.6) is 0 Å². The first-order valence-electron chi connectivity index (χ1n) is 8.63. The van der Waals surface area contributed by atoms with Crippen LogP contribution in [0.15, 0.2) is 46.8 Å². The van der Waals surface area contributed by atoms with E-state index in [1.807, 2.05) is 12.1 Å². The van der Waals surface area contributed by atoms with Gasteiger partial charge in [-0.2, -0.15) is 0 Å². The number of amides is 2. The summed E-state index contributed by atoms with van der Waals surface area (Å²) in [6.45, 7) is 3.37. The summed E-state index contributed by atoms with van der Waals surface area (Å²) in [4.78, 5) is 28.1. The van der Waals surface area contributed by atoms with Gasteiger partial charge < -0.3 is 21.7 Å². The predicted octanol–water partition coefficient (Wildman–Crippen LogP) is 2.05. The fourth-order valence-corrected chi connectivity index (χ4v) is 3.16. The second-order valence-corrected chi connectivity index (χ2v) is 7.05. The topological polar surface area (TPSA) is 109 Å². The van der Waals surface area contributed by atoms with Gasteiger partial charge in [-0.1, -0.05) is 25.1 Å². The summed E-state index contributed by atoms with van der Waals surface area (Å²) in [5.41, 5.74) is 6.51. The smallest absolute Gasteiger partial charge is 0.251 e. The largest absolute Gasteiger partial charge is 0.368 e. The minimum Gasteiger partial charge on any atom is -0.368 e. The number of nitrogens with one attached hydrogen (secondary N) is 3. The molecule has 5 N–H and O–H groups in total. The number of guanidine groups is 1. The molecule has 2 aromatic rings. The number of carbonyl (C=O) groups is 2. The Morgan fingerprint density at radius 2 is 1.86 bits per heavy atom. The Bertz CT molecular complexity index is 778. The number of hydrogen-bond acceptors (Lipinski definition) is 4. The van der Waals surface area contributed by atoms with Gasteiger partial charge in [0.1, 0.15) is 0 Å². The first-order chi connectivity index (χ1) is 13.0. The zero-order valence-corrected chi connectivity index (χ0v) is 19.0. The molecule has 1 aromatic carbocycles. The Balaban J connectivity index is 0.00000392. The first-order valence-corrected chi connectivity index (χ1v) is 9.51. The Hall–Kier alpha value is -2.14. The summed E-state index contributed by atoms with van der Waals surface area (Å²) in [5, 5.41) is 11.1. The van der Waals surface area contributed by atoms with Crippen LogP contribution in [0, 0.1) is 0 Å². The van der Waals surface area contributed by atoms with Gasteiger partial charge in [-0.15, -0.1) is 35.3 Å². The molecule has 9 heteroatoms. The molecule has 0 saturated carbocycles. The van der Waals surface area contributed by atoms with Gasteiger partial charge in [0.15, 0.2) is 5.96 Å². The minimum absolute atomic E-state index is 0. The van der Waals surface area contributed by atoms with E-state index in [2.05, 4.69) is 45.4 Å². The molecule has 28 heavy (non-hydrogen) atoms. The summed E-state index contributed by atoms with van der Waals surface area (Å²) >= 11 is 1.75. The van der Waals surface area contributed by atoms with Crippen LogP contribution >= 0.6 is 35.3 Å². The second-order valence-electron chi connectivity index (χ2n) is 6.07. The molecule has 1 unspecified atom stereocenters. The van der Waals surface area contributed by atoms with E-state index in [0.717, 1.165) is 18.1 Å². The van der Waals surface area contributed by atoms with Gasteiger partial charge in [-0.05, 0) is 29.1 Å². The second kappa shape index (κ2) is 12.3. The number of rotatable bonds is 8. The van der Waals surface area contributed by atoms with Crippen LogP contribution < -0.4 is 21.7 Å². The van der Waals surface area contributed by atoms with Gasteiger partial charge in [0.05, 0.1) is 6.54 Å². The van der Waals surface area contributed by atoms with Crippen LogP contribution in [0.4, 0.5) is 0 Å². The van der Waals surface area contributed by atoms with E-state index in [4.69, 9.17) is 5.73 Å². The third-order valence-corrected chi connectivity index (χ3v) is 5.03. The summed E-state index contributed by atoms with van der Waals surface area (Å²) < 4.78 is 0. The molecule has 0 bridgehead atoms. The predicted molar refractivity (Wildman–Crippen MR) is 124 cm³/mol. The maximum atomic E-state index is 11.9. The standard InChI is InChI=1S/C19H25N5O2S.HI/c1-13(16-4-3-9-27-16)10-23-19(21-2)24-11-14-5-7-15(8-6-14)18(26)22-12-17(20)25;/h3-9,13H,10-12H2,1-2H3,(H2,20,25)(H,22,26)(H2,21,23,24);1H. The Labute approximate surface area is 186 Å². The maximum Gasteiger partial charge on any atom is 0.251 e. The molecule has 0 spiro atoms. The zero-order valence-electron chi connectivity index (χ0n) is 15.9. The van der Waals surface area contributed by atoms with Crippen molar-refractivity contribution in [2.75, 3.05) is 20.1 Å². The number of primary amides is 1. The molecule has 2 rings (SSSR count). The lowest BCUT2D eigenvalue weighted by Crippen LogP contribution is -2.38. The molecule has 0 aliphatic heterocycles. The number of hydrogen-bond donors (Lipinski definition) is 4. The lowest BCUT2D eigenvalue weighted by atomic mass is 10.1. The lowest BCUT2D eigenvalue weighted by Gasteiger charge is -2.15. The van der Waals surface area contributed by atoms with Crippen molar-refractivity contribution >= 4 is 53.1 Å². The molecule has 0 fully saturated rings. The van der Waals surface area contributed by atoms with E-state index < -0.39 is 5.91 Å². The van der Waals surface area contributed by atoms with Gasteiger partial charge in [-0.25, -0.2) is 0 Å². The maximum absolute atomic E-state index is 11.9. The molecule has 2 amide bonds. The third kappa shape index (κ3) is 7.85. The number of benzene rings is 1. The van der Waals surface area contributed by atoms with Crippen LogP contribution in [0.3, 0.4) is 0 Å². The Kier molecular flexibility index (Phi) is 10.5. The van der Waals surface area contributed by atoms with Crippen molar-refractivity contribution in [3.63, 3.8) is 0 Å². The molecule has 0 aliphatic carbocycles. The molecule has 1 heterocycles. The fraction of sp³-hybridized carbons (Fsp3) is 0.316. The molecule has 152 valence electrons. The number of halogens is 1. The average Bonchev–Trinajstić information content (AvgIpc) is 3.21. The number of nitrogens with zero attached hydrogens (tertiary/aromatic N) is 1. The van der Waals surface area contributed by atoms with Gasteiger partial charge in [0.2, 0.25) is 5.91 Å². The van der Waals surface area contributed by atoms with Crippen molar-refractivity contribution in [3.8, 4) is 0 Å². The number of nitrogens with two attached hydrogens (primary N) is 1. The first kappa shape index (κ1) is 23.9. The van der Waals surface area contributed by atoms with E-state index in [-0.39, 0.29) is 36.4 Å². The SMILES string of the molecule is CN=C(NCc1ccc(C(=O)NCC(N)=O)cc1)NCC(C)c1cccs1.I. The molecular weight excluding hydrogens is 489 g/mol. The molecule has 0 radical (unpaired) electrons. The highest BCUT2D eigenvalue weighted by atomic mass is 127. The highest BCUT2D eigenvalue weighted by molar-refractivity contribution is 14.0. The molecular formula is C19H26IN5O2S. The Morgan fingerprint density at radius 3 is 2.43 bits per heavy atom. The van der Waals surface area contributed by atoms with Crippen molar-refractivity contribution in [1.29, 1.82) is 0 Å². The summed E-state index contributed by atoms with van der Waals surface area (Å²) in [7, 11) is 1.73. The lowest BCUT2D eigenvalue weighted by molar-refractivity contribution is -0.117.